The summed E-state index contributed by atoms with van der Waals surface area (Å²) >= 11 is 7.50. The van der Waals surface area contributed by atoms with Gasteiger partial charge >= 0.3 is 244 Å². The molecule has 2 aromatic carbocycles. The molecule has 0 saturated carbocycles. The van der Waals surface area contributed by atoms with Crippen molar-refractivity contribution >= 4 is 256 Å². The number of carboxylic acids is 1. The maximum atomic E-state index is 14.1. The second-order valence-electron chi connectivity index (χ2n) is 34.9. The van der Waals surface area contributed by atoms with Gasteiger partial charge in [0.15, 0.2) is 0 Å². The fourth-order valence-electron chi connectivity index (χ4n) is 11.7. The zero-order valence-corrected chi connectivity index (χ0v) is 95.8. The Bertz CT molecular complexity index is 3210. The molecule has 3 saturated heterocycles. The predicted octanol–water partition coefficient (Wildman–Crippen LogP) is 6.78. The van der Waals surface area contributed by atoms with Crippen LogP contribution >= 0.6 is 0 Å². The summed E-state index contributed by atoms with van der Waals surface area (Å²) < 4.78 is 42.4. The summed E-state index contributed by atoms with van der Waals surface area (Å²) in [7, 11) is 0. The Morgan fingerprint density at radius 2 is 0.733 bits per heavy atom. The molecule has 16 N–H and O–H groups in total. The van der Waals surface area contributed by atoms with Crippen molar-refractivity contribution in [3.8, 4) is 0 Å². The molecule has 2 aromatic rings. The number of nitrogens with zero attached hydrogens (tertiary/aromatic N) is 2. The van der Waals surface area contributed by atoms with Gasteiger partial charge in [0.05, 0.1) is 36.9 Å². The summed E-state index contributed by atoms with van der Waals surface area (Å²) in [6, 6.07) is 16.7. The standard InChI is InChI=1S/C35H56N4O9.C20H29NO6.C15H29N3O4.C11H25N5O.6K/c1-33(2,3)46-30(42)36-18-14-13-17-25(19-28(40)45-23-24-15-11-10-12-16-24)29(41)39-21-26(37-31(43)47-34(4,5)6)20-27(22-39)38-32(44)48-35(7,8)9;1-20(2,3)27-19(25)21-12-8-7-11-16(18(23)24)13-17(22)26-14-15-9-5-4-6-10-15;1-14(2,3)21-12(19)17-10-7-11(9-16-8-10)18-13(20)22-15(4,5)6;12-4-2-1-3-10(15)11(17)16-6-8(13)5-9(14)7-16;;;;;;/h10-12,15-16,25-27H,13-14,17-23H2,1-9H3,(H,36,42)(H,37,43)(H,38,44);4-6,9-10,16H,7-8,11-14H2,1-3H3,(H,21,25)(H,23,24);10-11,16H,7-9H2,1-6H3,(H,17,19)(H,18,20);8-10H,1-7,12-15H2;;;;;;/t25-,26-,27+;16-;10-,11+;8-,9+,10-;;;;;;/m11.0....../s1. The van der Waals surface area contributed by atoms with Crippen molar-refractivity contribution in [2.45, 2.75) is 304 Å². The van der Waals surface area contributed by atoms with Gasteiger partial charge in [-0.05, 0) is 200 Å². The van der Waals surface area contributed by atoms with Gasteiger partial charge in [0.25, 0.3) is 0 Å². The first-order valence-electron chi connectivity index (χ1n) is 42.6. The van der Waals surface area contributed by atoms with Gasteiger partial charge in [0, 0.05) is 82.4 Å². The molecule has 33 nitrogen and oxygen atoms in total. The van der Waals surface area contributed by atoms with Crippen LogP contribution in [0.2, 0.25) is 0 Å². The third kappa shape index (κ3) is 68.1. The van der Waals surface area contributed by atoms with Gasteiger partial charge in [-0.1, -0.05) is 79.9 Å². The molecule has 654 valence electrons. The van der Waals surface area contributed by atoms with E-state index in [0.717, 1.165) is 30.4 Å². The minimum atomic E-state index is -1.02. The first-order chi connectivity index (χ1) is 55.8. The molecular weight excluding hydrogens is 1710 g/mol. The van der Waals surface area contributed by atoms with Crippen molar-refractivity contribution < 1.29 is 95.7 Å². The summed E-state index contributed by atoms with van der Waals surface area (Å²) in [5, 5.41) is 29.1. The molecule has 3 aliphatic rings. The number of amides is 8. The molecule has 0 aromatic heterocycles. The predicted molar refractivity (Wildman–Crippen MR) is 466 cm³/mol. The molecule has 8 amide bonds. The van der Waals surface area contributed by atoms with E-state index in [2.05, 4.69) is 37.2 Å². The van der Waals surface area contributed by atoms with Crippen LogP contribution in [0.3, 0.4) is 0 Å². The third-order valence-electron chi connectivity index (χ3n) is 16.4. The monoisotopic (exact) mass is 1850 g/mol. The molecule has 0 aliphatic carbocycles. The number of hydrogen-bond donors (Lipinski definition) is 12. The van der Waals surface area contributed by atoms with Crippen molar-refractivity contribution in [3.63, 3.8) is 0 Å². The molecular formula is C81H139K6N13O20. The number of nitrogens with two attached hydrogens (primary N) is 4. The molecule has 3 aliphatic heterocycles. The Morgan fingerprint density at radius 3 is 1.07 bits per heavy atom. The molecule has 0 unspecified atom stereocenters. The van der Waals surface area contributed by atoms with Crippen molar-refractivity contribution in [2.75, 3.05) is 58.9 Å². The third-order valence-corrected chi connectivity index (χ3v) is 16.4. The molecule has 5 rings (SSSR count). The number of nitrogens with one attached hydrogen (secondary N) is 7. The van der Waals surface area contributed by atoms with Gasteiger partial charge in [-0.3, -0.25) is 24.0 Å². The van der Waals surface area contributed by atoms with Crippen molar-refractivity contribution in [2.24, 2.45) is 34.8 Å². The summed E-state index contributed by atoms with van der Waals surface area (Å²) in [5.74, 6) is -3.95. The van der Waals surface area contributed by atoms with Gasteiger partial charge in [-0.2, -0.15) is 0 Å². The summed E-state index contributed by atoms with van der Waals surface area (Å²) in [6.45, 7) is 36.4. The van der Waals surface area contributed by atoms with Crippen LogP contribution in [0.4, 0.5) is 28.8 Å². The van der Waals surface area contributed by atoms with Gasteiger partial charge in [-0.15, -0.1) is 0 Å². The molecule has 0 radical (unpaired) electrons. The van der Waals surface area contributed by atoms with E-state index < -0.39 is 118 Å². The van der Waals surface area contributed by atoms with E-state index in [9.17, 15) is 57.8 Å². The number of esters is 2. The summed E-state index contributed by atoms with van der Waals surface area (Å²) in [4.78, 5) is 138. The van der Waals surface area contributed by atoms with Gasteiger partial charge in [-0.25, -0.2) is 28.8 Å². The summed E-state index contributed by atoms with van der Waals surface area (Å²) in [6.07, 6.45) is 3.61. The van der Waals surface area contributed by atoms with Gasteiger partial charge in [0.2, 0.25) is 11.8 Å². The van der Waals surface area contributed by atoms with E-state index in [1.165, 1.54) is 189 Å². The number of piperidine rings is 3. The van der Waals surface area contributed by atoms with E-state index in [-0.39, 0.29) is 75.1 Å². The zero-order valence-electron chi connectivity index (χ0n) is 77.1. The number of unbranched alkanes of at least 4 members (excludes halogenated alkanes) is 3. The normalized spacial score (nSPS) is 17.9. The van der Waals surface area contributed by atoms with Gasteiger partial charge < -0.3 is 113 Å². The molecule has 3 fully saturated rings. The Balaban J connectivity index is 0. The van der Waals surface area contributed by atoms with Crippen molar-refractivity contribution in [1.82, 2.24) is 47.0 Å². The van der Waals surface area contributed by atoms with Crippen molar-refractivity contribution in [1.29, 1.82) is 0 Å². The first-order valence-corrected chi connectivity index (χ1v) is 90.6. The number of ether oxygens (including phenoxy) is 8. The molecule has 120 heavy (non-hydrogen) atoms. The SMILES string of the molecule is CC(C)(C)OC(=O)NCCCC[C@H](CC(=O)OCc1ccccc1)C(=O)N1C[C@H](NC(=O)OC(C)(C)C)C[C@H](NC(=O)OC(C)(C)C)C1.CC(C)(C)OC(=O)NCCCC[C@H](CC(=O)OCc1ccccc1)C(=O)O.CC(C)(C)OC(=O)N[C@@H]1CNC[C@H](NC(=O)OC(C)(C)C)C1.NCCCC[C@H](N)C(=O)N1C[C@H](N)C[C@H](N)C1.[K][K].[K][K].[K][K]. The topological polar surface area (TPSA) is 477 Å². The summed E-state index contributed by atoms with van der Waals surface area (Å²) in [5.41, 5.74) is 20.9. The fourth-order valence-corrected chi connectivity index (χ4v) is 11.7. The second-order valence-corrected chi connectivity index (χ2v) is 34.9. The number of aliphatic carboxylic acids is 1. The number of hydrogen-bond acceptors (Lipinski definition) is 24. The Kier molecular flexibility index (Phi) is 69.0. The van der Waals surface area contributed by atoms with Crippen LogP contribution in [0, 0.1) is 11.8 Å². The minimum absolute atomic E-state index is 0.0288. The number of carboxylic acid groups (broad SMARTS) is 1. The van der Waals surface area contributed by atoms with Crippen molar-refractivity contribution in [3.05, 3.63) is 71.8 Å². The number of carbonyl (C=O) groups is 11. The Labute approximate surface area is 850 Å². The van der Waals surface area contributed by atoms with E-state index in [0.29, 0.717) is 104 Å². The second kappa shape index (κ2) is 67.2. The maximum absolute atomic E-state index is 14.1. The average Bonchev–Trinajstić information content (AvgIpc) is 0.831. The molecule has 0 bridgehead atoms. The fraction of sp³-hybridized carbons (Fsp3) is 0.716. The van der Waals surface area contributed by atoms with Crippen LogP contribution in [0.1, 0.15) is 226 Å². The number of carbonyl (C=O) groups excluding carboxylic acids is 10. The van der Waals surface area contributed by atoms with Crippen LogP contribution in [-0.2, 0) is 75.1 Å². The van der Waals surface area contributed by atoms with Crippen LogP contribution < -0.4 is 60.2 Å². The molecule has 0 spiro atoms. The number of likely N-dealkylation sites (tertiary alicyclic amines) is 2. The Hall–Kier alpha value is 1.03. The van der Waals surface area contributed by atoms with Crippen LogP contribution in [0.5, 0.6) is 0 Å². The average molecular weight is 1850 g/mol. The van der Waals surface area contributed by atoms with E-state index in [1.807, 2.05) is 102 Å². The first kappa shape index (κ1) is 123. The number of rotatable bonds is 29. The van der Waals surface area contributed by atoms with Crippen LogP contribution in [-0.4, -0.2) is 405 Å². The zero-order chi connectivity index (χ0) is 92.2. The van der Waals surface area contributed by atoms with E-state index >= 15 is 0 Å². The number of benzene rings is 2. The van der Waals surface area contributed by atoms with Gasteiger partial charge in [0.1, 0.15) is 46.8 Å². The molecule has 9 atom stereocenters. The van der Waals surface area contributed by atoms with Crippen LogP contribution in [0.15, 0.2) is 60.7 Å². The van der Waals surface area contributed by atoms with Crippen LogP contribution in [0.25, 0.3) is 0 Å². The van der Waals surface area contributed by atoms with E-state index in [1.54, 1.807) is 92.9 Å². The number of alkyl carbamates (subject to hydrolysis) is 6. The molecule has 3 heterocycles. The Morgan fingerprint density at radius 1 is 0.425 bits per heavy atom. The molecule has 39 heteroatoms. The quantitative estimate of drug-likeness (QED) is 0.0173. The van der Waals surface area contributed by atoms with E-state index in [4.69, 9.17) is 60.8 Å².